The van der Waals surface area contributed by atoms with Gasteiger partial charge in [0.25, 0.3) is 5.56 Å². The van der Waals surface area contributed by atoms with Gasteiger partial charge in [-0.05, 0) is 74.0 Å². The van der Waals surface area contributed by atoms with Crippen molar-refractivity contribution in [3.63, 3.8) is 0 Å². The number of unbranched alkanes of at least 4 members (excludes halogenated alkanes) is 2. The molecule has 0 amide bonds. The van der Waals surface area contributed by atoms with Crippen molar-refractivity contribution in [1.82, 2.24) is 13.9 Å². The van der Waals surface area contributed by atoms with E-state index in [9.17, 15) is 17.6 Å². The molecule has 0 bridgehead atoms. The van der Waals surface area contributed by atoms with Crippen LogP contribution in [0.5, 0.6) is 5.75 Å². The number of fused-ring (bicyclic) bond motifs is 1. The number of halogens is 1. The third-order valence-corrected chi connectivity index (χ3v) is 8.32. The van der Waals surface area contributed by atoms with Crippen LogP contribution in [0.15, 0.2) is 82.5 Å². The molecule has 0 spiro atoms. The van der Waals surface area contributed by atoms with E-state index in [-0.39, 0.29) is 22.8 Å². The Balaban J connectivity index is 1.90. The van der Waals surface area contributed by atoms with Crippen molar-refractivity contribution in [2.24, 2.45) is 0 Å². The van der Waals surface area contributed by atoms with Crippen molar-refractivity contribution in [3.05, 3.63) is 94.8 Å². The van der Waals surface area contributed by atoms with Gasteiger partial charge in [-0.1, -0.05) is 31.9 Å². The zero-order valence-corrected chi connectivity index (χ0v) is 21.9. The molecule has 0 saturated carbocycles. The fraction of sp³-hybridized carbons (Fsp3) is 0.286. The van der Waals surface area contributed by atoms with E-state index >= 15 is 0 Å². The molecule has 0 N–H and O–H groups in total. The molecule has 0 saturated heterocycles. The third-order valence-electron chi connectivity index (χ3n) is 6.34. The Morgan fingerprint density at radius 2 is 1.68 bits per heavy atom. The number of sulfonamides is 1. The number of nitrogens with zero attached hydrogens (tertiary/aromatic N) is 3. The highest BCUT2D eigenvalue weighted by molar-refractivity contribution is 7.89. The van der Waals surface area contributed by atoms with Gasteiger partial charge in [0.05, 0.1) is 34.6 Å². The summed E-state index contributed by atoms with van der Waals surface area (Å²) < 4.78 is 49.5. The van der Waals surface area contributed by atoms with Gasteiger partial charge in [0.1, 0.15) is 17.4 Å². The molecule has 1 aromatic heterocycles. The number of rotatable bonds is 10. The summed E-state index contributed by atoms with van der Waals surface area (Å²) in [5.41, 5.74) is 0.513. The molecule has 4 aromatic rings. The highest BCUT2D eigenvalue weighted by Gasteiger charge is 2.33. The van der Waals surface area contributed by atoms with E-state index in [1.165, 1.54) is 52.4 Å². The van der Waals surface area contributed by atoms with Gasteiger partial charge in [0.15, 0.2) is 0 Å². The number of para-hydroxylation sites is 1. The lowest BCUT2D eigenvalue weighted by Crippen LogP contribution is -2.38. The maximum atomic E-state index is 13.9. The van der Waals surface area contributed by atoms with E-state index in [2.05, 4.69) is 0 Å². The lowest BCUT2D eigenvalue weighted by atomic mass is 10.2. The molecule has 7 nitrogen and oxygen atoms in total. The standard InChI is InChI=1S/C28H30FN3O4S/c1-4-5-8-19-31(37(34,35)24-17-15-23(36-3)16-18-24)20(2)27-30-26-10-7-6-9-25(26)28(33)32(27)22-13-11-21(29)12-14-22/h6-7,9-18,20H,4-5,8,19H2,1-3H3. The molecule has 0 aliphatic rings. The van der Waals surface area contributed by atoms with Gasteiger partial charge in [-0.2, -0.15) is 4.31 Å². The monoisotopic (exact) mass is 523 g/mol. The van der Waals surface area contributed by atoms with E-state index in [0.717, 1.165) is 12.8 Å². The molecule has 37 heavy (non-hydrogen) atoms. The smallest absolute Gasteiger partial charge is 0.266 e. The topological polar surface area (TPSA) is 81.5 Å². The van der Waals surface area contributed by atoms with Crippen LogP contribution in [0.1, 0.15) is 45.0 Å². The quantitative estimate of drug-likeness (QED) is 0.257. The Morgan fingerprint density at radius 1 is 1.00 bits per heavy atom. The highest BCUT2D eigenvalue weighted by atomic mass is 32.2. The first-order valence-electron chi connectivity index (χ1n) is 12.2. The number of hydrogen-bond acceptors (Lipinski definition) is 5. The number of hydrogen-bond donors (Lipinski definition) is 0. The van der Waals surface area contributed by atoms with Gasteiger partial charge >= 0.3 is 0 Å². The van der Waals surface area contributed by atoms with Gasteiger partial charge < -0.3 is 4.74 Å². The first-order chi connectivity index (χ1) is 17.8. The molecular weight excluding hydrogens is 493 g/mol. The minimum absolute atomic E-state index is 0.119. The van der Waals surface area contributed by atoms with Crippen molar-refractivity contribution >= 4 is 20.9 Å². The fourth-order valence-corrected chi connectivity index (χ4v) is 5.95. The Morgan fingerprint density at radius 3 is 2.32 bits per heavy atom. The van der Waals surface area contributed by atoms with Crippen LogP contribution in [0, 0.1) is 5.82 Å². The normalized spacial score (nSPS) is 12.7. The number of aromatic nitrogens is 2. The second-order valence-electron chi connectivity index (χ2n) is 8.78. The molecule has 9 heteroatoms. The highest BCUT2D eigenvalue weighted by Crippen LogP contribution is 2.30. The van der Waals surface area contributed by atoms with Crippen molar-refractivity contribution < 1.29 is 17.5 Å². The van der Waals surface area contributed by atoms with Crippen LogP contribution in [0.3, 0.4) is 0 Å². The number of ether oxygens (including phenoxy) is 1. The van der Waals surface area contributed by atoms with Gasteiger partial charge in [-0.3, -0.25) is 9.36 Å². The minimum Gasteiger partial charge on any atom is -0.497 e. The fourth-order valence-electron chi connectivity index (χ4n) is 4.32. The Hall–Kier alpha value is -3.56. The average molecular weight is 524 g/mol. The van der Waals surface area contributed by atoms with Crippen LogP contribution < -0.4 is 10.3 Å². The van der Waals surface area contributed by atoms with Crippen LogP contribution in [0.4, 0.5) is 4.39 Å². The largest absolute Gasteiger partial charge is 0.497 e. The van der Waals surface area contributed by atoms with Crippen LogP contribution in [0.2, 0.25) is 0 Å². The molecule has 0 aliphatic heterocycles. The predicted molar refractivity (Wildman–Crippen MR) is 142 cm³/mol. The summed E-state index contributed by atoms with van der Waals surface area (Å²) in [5.74, 6) is 0.359. The summed E-state index contributed by atoms with van der Waals surface area (Å²) in [6.07, 6.45) is 2.40. The van der Waals surface area contributed by atoms with E-state index in [0.29, 0.717) is 28.8 Å². The first kappa shape index (κ1) is 26.5. The predicted octanol–water partition coefficient (Wildman–Crippen LogP) is 5.48. The van der Waals surface area contributed by atoms with Gasteiger partial charge in [-0.25, -0.2) is 17.8 Å². The van der Waals surface area contributed by atoms with E-state index in [1.54, 1.807) is 43.3 Å². The van der Waals surface area contributed by atoms with Crippen LogP contribution >= 0.6 is 0 Å². The Kier molecular flexibility index (Phi) is 8.04. The van der Waals surface area contributed by atoms with Crippen molar-refractivity contribution in [3.8, 4) is 11.4 Å². The van der Waals surface area contributed by atoms with E-state index < -0.39 is 21.9 Å². The summed E-state index contributed by atoms with van der Waals surface area (Å²) >= 11 is 0. The number of methoxy groups -OCH3 is 1. The molecule has 194 valence electrons. The Bertz CT molecular complexity index is 1530. The molecule has 1 atom stereocenters. The summed E-state index contributed by atoms with van der Waals surface area (Å²) in [4.78, 5) is 18.5. The molecule has 4 rings (SSSR count). The number of benzene rings is 3. The zero-order valence-electron chi connectivity index (χ0n) is 21.1. The molecule has 0 fully saturated rings. The van der Waals surface area contributed by atoms with Crippen LogP contribution in [-0.2, 0) is 10.0 Å². The van der Waals surface area contributed by atoms with Gasteiger partial charge in [-0.15, -0.1) is 0 Å². The maximum Gasteiger partial charge on any atom is 0.266 e. The van der Waals surface area contributed by atoms with Crippen LogP contribution in [-0.4, -0.2) is 35.9 Å². The lowest BCUT2D eigenvalue weighted by Gasteiger charge is -2.30. The molecule has 0 aliphatic carbocycles. The molecule has 3 aromatic carbocycles. The third kappa shape index (κ3) is 5.42. The zero-order chi connectivity index (χ0) is 26.6. The Labute approximate surface area is 216 Å². The summed E-state index contributed by atoms with van der Waals surface area (Å²) in [6, 6.07) is 17.8. The second-order valence-corrected chi connectivity index (χ2v) is 10.7. The first-order valence-corrected chi connectivity index (χ1v) is 13.7. The molecular formula is C28H30FN3O4S. The van der Waals surface area contributed by atoms with Crippen molar-refractivity contribution in [1.29, 1.82) is 0 Å². The summed E-state index contributed by atoms with van der Waals surface area (Å²) in [7, 11) is -2.45. The summed E-state index contributed by atoms with van der Waals surface area (Å²) in [6.45, 7) is 4.02. The summed E-state index contributed by atoms with van der Waals surface area (Å²) in [5, 5.41) is 0.387. The van der Waals surface area contributed by atoms with E-state index in [4.69, 9.17) is 9.72 Å². The molecule has 1 heterocycles. The minimum atomic E-state index is -3.96. The SMILES string of the molecule is CCCCCN(C(C)c1nc2ccccc2c(=O)n1-c1ccc(F)cc1)S(=O)(=O)c1ccc(OC)cc1. The maximum absolute atomic E-state index is 13.9. The van der Waals surface area contributed by atoms with Gasteiger partial charge in [0, 0.05) is 6.54 Å². The van der Waals surface area contributed by atoms with Crippen molar-refractivity contribution in [2.75, 3.05) is 13.7 Å². The van der Waals surface area contributed by atoms with E-state index in [1.807, 2.05) is 6.92 Å². The average Bonchev–Trinajstić information content (AvgIpc) is 2.91. The molecule has 1 unspecified atom stereocenters. The van der Waals surface area contributed by atoms with Crippen LogP contribution in [0.25, 0.3) is 16.6 Å². The second kappa shape index (κ2) is 11.2. The molecule has 0 radical (unpaired) electrons. The van der Waals surface area contributed by atoms with Crippen molar-refractivity contribution in [2.45, 2.75) is 44.0 Å². The lowest BCUT2D eigenvalue weighted by molar-refractivity contribution is 0.320. The van der Waals surface area contributed by atoms with Gasteiger partial charge in [0.2, 0.25) is 10.0 Å².